The van der Waals surface area contributed by atoms with Gasteiger partial charge in [-0.3, -0.25) is 4.79 Å². The summed E-state index contributed by atoms with van der Waals surface area (Å²) in [7, 11) is 0. The zero-order valence-corrected chi connectivity index (χ0v) is 17.1. The third-order valence-electron chi connectivity index (χ3n) is 5.33. The molecule has 0 radical (unpaired) electrons. The van der Waals surface area contributed by atoms with Gasteiger partial charge < -0.3 is 15.1 Å². The summed E-state index contributed by atoms with van der Waals surface area (Å²) in [5, 5.41) is 3.71. The fourth-order valence-electron chi connectivity index (χ4n) is 3.48. The van der Waals surface area contributed by atoms with Gasteiger partial charge in [0.15, 0.2) is 0 Å². The van der Waals surface area contributed by atoms with Gasteiger partial charge in [0.1, 0.15) is 0 Å². The number of halogens is 1. The van der Waals surface area contributed by atoms with Crippen LogP contribution in [0.5, 0.6) is 0 Å². The summed E-state index contributed by atoms with van der Waals surface area (Å²) in [5.41, 5.74) is 5.31. The molecule has 0 bridgehead atoms. The molecule has 0 unspecified atom stereocenters. The van der Waals surface area contributed by atoms with E-state index in [1.165, 1.54) is 11.1 Å². The molecule has 3 rings (SSSR count). The van der Waals surface area contributed by atoms with Crippen molar-refractivity contribution < 1.29 is 4.79 Å². The van der Waals surface area contributed by atoms with Crippen molar-refractivity contribution in [1.29, 1.82) is 0 Å². The number of carbonyl (C=O) groups excluding carboxylic acids is 1. The molecule has 1 aliphatic heterocycles. The third-order valence-corrected chi connectivity index (χ3v) is 5.56. The smallest absolute Gasteiger partial charge is 0.228 e. The van der Waals surface area contributed by atoms with Crippen LogP contribution in [0.1, 0.15) is 23.6 Å². The molecule has 0 aliphatic carbocycles. The molecule has 2 aromatic rings. The number of nitrogens with zero attached hydrogens (tertiary/aromatic N) is 2. The van der Waals surface area contributed by atoms with E-state index in [0.717, 1.165) is 49.7 Å². The Kier molecular flexibility index (Phi) is 6.40. The lowest BCUT2D eigenvalue weighted by atomic mass is 10.0. The van der Waals surface area contributed by atoms with Crippen molar-refractivity contribution in [2.45, 2.75) is 27.2 Å². The van der Waals surface area contributed by atoms with Crippen LogP contribution in [0.25, 0.3) is 0 Å². The highest BCUT2D eigenvalue weighted by Crippen LogP contribution is 2.30. The molecule has 2 aromatic carbocycles. The minimum absolute atomic E-state index is 0.0195. The molecule has 1 N–H and O–H groups in total. The van der Waals surface area contributed by atoms with Gasteiger partial charge in [-0.1, -0.05) is 36.7 Å². The molecule has 1 saturated heterocycles. The van der Waals surface area contributed by atoms with Crippen LogP contribution in [-0.4, -0.2) is 43.5 Å². The first-order chi connectivity index (χ1) is 13.0. The van der Waals surface area contributed by atoms with Crippen LogP contribution in [0.15, 0.2) is 36.4 Å². The Morgan fingerprint density at radius 3 is 2.44 bits per heavy atom. The van der Waals surface area contributed by atoms with Crippen molar-refractivity contribution in [2.24, 2.45) is 0 Å². The maximum absolute atomic E-state index is 12.6. The van der Waals surface area contributed by atoms with Gasteiger partial charge in [-0.05, 0) is 55.3 Å². The van der Waals surface area contributed by atoms with Crippen molar-refractivity contribution in [2.75, 3.05) is 42.9 Å². The van der Waals surface area contributed by atoms with Gasteiger partial charge in [-0.2, -0.15) is 0 Å². The first-order valence-corrected chi connectivity index (χ1v) is 9.97. The summed E-state index contributed by atoms with van der Waals surface area (Å²) in [6, 6.07) is 11.9. The van der Waals surface area contributed by atoms with Gasteiger partial charge in [0.2, 0.25) is 5.91 Å². The average Bonchev–Trinajstić information content (AvgIpc) is 2.65. The first kappa shape index (κ1) is 19.7. The second-order valence-corrected chi connectivity index (χ2v) is 7.66. The highest BCUT2D eigenvalue weighted by molar-refractivity contribution is 6.31. The molecular formula is C22H28ClN3O. The van der Waals surface area contributed by atoms with Crippen LogP contribution in [-0.2, 0) is 11.2 Å². The first-order valence-electron chi connectivity index (χ1n) is 9.59. The topological polar surface area (TPSA) is 35.6 Å². The largest absolute Gasteiger partial charge is 0.367 e. The van der Waals surface area contributed by atoms with Crippen LogP contribution in [0.3, 0.4) is 0 Å². The van der Waals surface area contributed by atoms with E-state index >= 15 is 0 Å². The number of rotatable bonds is 5. The Hall–Kier alpha value is -2.04. The predicted octanol–water partition coefficient (Wildman–Crippen LogP) is 4.28. The number of aryl methyl sites for hydroxylation is 2. The van der Waals surface area contributed by atoms with E-state index in [4.69, 9.17) is 11.6 Å². The van der Waals surface area contributed by atoms with Gasteiger partial charge in [-0.25, -0.2) is 0 Å². The Labute approximate surface area is 167 Å². The van der Waals surface area contributed by atoms with E-state index in [1.807, 2.05) is 24.3 Å². The average molecular weight is 386 g/mol. The summed E-state index contributed by atoms with van der Waals surface area (Å²) < 4.78 is 0. The maximum Gasteiger partial charge on any atom is 0.228 e. The highest BCUT2D eigenvalue weighted by atomic mass is 35.5. The van der Waals surface area contributed by atoms with Crippen molar-refractivity contribution in [3.8, 4) is 0 Å². The number of likely N-dealkylation sites (N-methyl/N-ethyl adjacent to an activating group) is 1. The molecule has 144 valence electrons. The van der Waals surface area contributed by atoms with Crippen LogP contribution in [0.2, 0.25) is 5.02 Å². The summed E-state index contributed by atoms with van der Waals surface area (Å²) in [6.07, 6.45) is 0.358. The lowest BCUT2D eigenvalue weighted by Gasteiger charge is -2.36. The second kappa shape index (κ2) is 8.77. The van der Waals surface area contributed by atoms with E-state index in [9.17, 15) is 4.79 Å². The molecule has 27 heavy (non-hydrogen) atoms. The second-order valence-electron chi connectivity index (χ2n) is 7.23. The fourth-order valence-corrected chi connectivity index (χ4v) is 3.65. The van der Waals surface area contributed by atoms with Crippen molar-refractivity contribution >= 4 is 28.9 Å². The van der Waals surface area contributed by atoms with Gasteiger partial charge >= 0.3 is 0 Å². The number of piperazine rings is 1. The number of anilines is 2. The quantitative estimate of drug-likeness (QED) is 0.834. The number of amides is 1. The Morgan fingerprint density at radius 1 is 1.04 bits per heavy atom. The summed E-state index contributed by atoms with van der Waals surface area (Å²) in [6.45, 7) is 11.4. The van der Waals surface area contributed by atoms with Crippen molar-refractivity contribution in [3.63, 3.8) is 0 Å². The highest BCUT2D eigenvalue weighted by Gasteiger charge is 2.19. The summed E-state index contributed by atoms with van der Waals surface area (Å²) >= 11 is 6.21. The monoisotopic (exact) mass is 385 g/mol. The molecular weight excluding hydrogens is 358 g/mol. The van der Waals surface area contributed by atoms with E-state index < -0.39 is 0 Å². The Morgan fingerprint density at radius 2 is 1.78 bits per heavy atom. The maximum atomic E-state index is 12.6. The number of nitrogens with one attached hydrogen (secondary N) is 1. The number of hydrogen-bond acceptors (Lipinski definition) is 3. The molecule has 1 amide bonds. The van der Waals surface area contributed by atoms with E-state index in [1.54, 1.807) is 0 Å². The number of benzene rings is 2. The number of carbonyl (C=O) groups is 1. The van der Waals surface area contributed by atoms with Gasteiger partial charge in [0.05, 0.1) is 17.8 Å². The van der Waals surface area contributed by atoms with Gasteiger partial charge in [0, 0.05) is 31.2 Å². The van der Waals surface area contributed by atoms with Crippen LogP contribution >= 0.6 is 11.6 Å². The molecule has 5 heteroatoms. The SMILES string of the molecule is CCN1CCN(c2ccc(Cl)cc2NC(=O)Cc2ccc(C)c(C)c2)CC1. The summed E-state index contributed by atoms with van der Waals surface area (Å²) in [5.74, 6) is -0.0195. The predicted molar refractivity (Wildman–Crippen MR) is 114 cm³/mol. The van der Waals surface area contributed by atoms with Crippen LogP contribution < -0.4 is 10.2 Å². The Bertz CT molecular complexity index is 813. The minimum atomic E-state index is -0.0195. The molecule has 0 saturated carbocycles. The van der Waals surface area contributed by atoms with E-state index in [-0.39, 0.29) is 5.91 Å². The minimum Gasteiger partial charge on any atom is -0.367 e. The van der Waals surface area contributed by atoms with Gasteiger partial charge in [-0.15, -0.1) is 0 Å². The zero-order valence-electron chi connectivity index (χ0n) is 16.4. The molecule has 0 aromatic heterocycles. The Balaban J connectivity index is 1.72. The zero-order chi connectivity index (χ0) is 19.4. The van der Waals surface area contributed by atoms with E-state index in [2.05, 4.69) is 48.0 Å². The lowest BCUT2D eigenvalue weighted by molar-refractivity contribution is -0.115. The molecule has 0 atom stereocenters. The van der Waals surface area contributed by atoms with Gasteiger partial charge in [0.25, 0.3) is 0 Å². The van der Waals surface area contributed by atoms with Crippen LogP contribution in [0.4, 0.5) is 11.4 Å². The molecule has 1 heterocycles. The normalized spacial score (nSPS) is 15.0. The molecule has 1 aliphatic rings. The third kappa shape index (κ3) is 5.02. The molecule has 1 fully saturated rings. The summed E-state index contributed by atoms with van der Waals surface area (Å²) in [4.78, 5) is 17.4. The standard InChI is InChI=1S/C22H28ClN3O/c1-4-25-9-11-26(12-10-25)21-8-7-19(23)15-20(21)24-22(27)14-18-6-5-16(2)17(3)13-18/h5-8,13,15H,4,9-12,14H2,1-3H3,(H,24,27). The van der Waals surface area contributed by atoms with Crippen molar-refractivity contribution in [1.82, 2.24) is 4.90 Å². The lowest BCUT2D eigenvalue weighted by Crippen LogP contribution is -2.46. The van der Waals surface area contributed by atoms with Crippen LogP contribution in [0, 0.1) is 13.8 Å². The van der Waals surface area contributed by atoms with E-state index in [0.29, 0.717) is 11.4 Å². The van der Waals surface area contributed by atoms with Crippen molar-refractivity contribution in [3.05, 3.63) is 58.1 Å². The number of hydrogen-bond donors (Lipinski definition) is 1. The molecule has 4 nitrogen and oxygen atoms in total. The fraction of sp³-hybridized carbons (Fsp3) is 0.409. The molecule has 0 spiro atoms.